The molecule has 0 unspecified atom stereocenters. The van der Waals surface area contributed by atoms with Gasteiger partial charge in [0.05, 0.1) is 19.1 Å². The SMILES string of the molecule is CC(C)(C)C(=O)C1CN(CC(C)(C)C(=O)C2COC2)C1. The highest BCUT2D eigenvalue weighted by atomic mass is 16.5. The molecule has 0 radical (unpaired) electrons. The molecule has 0 N–H and O–H groups in total. The van der Waals surface area contributed by atoms with Gasteiger partial charge in [0.25, 0.3) is 0 Å². The van der Waals surface area contributed by atoms with Gasteiger partial charge >= 0.3 is 0 Å². The van der Waals surface area contributed by atoms with Gasteiger partial charge in [0, 0.05) is 36.4 Å². The van der Waals surface area contributed by atoms with Crippen molar-refractivity contribution in [3.05, 3.63) is 0 Å². The fraction of sp³-hybridized carbons (Fsp3) is 0.875. The van der Waals surface area contributed by atoms with Gasteiger partial charge in [-0.05, 0) is 0 Å². The third-order valence-electron chi connectivity index (χ3n) is 4.36. The van der Waals surface area contributed by atoms with E-state index in [-0.39, 0.29) is 22.7 Å². The predicted octanol–water partition coefficient (Wildman–Crippen LogP) is 1.78. The standard InChI is InChI=1S/C16H27NO3/c1-15(2,3)13(18)11-6-17(7-11)10-16(4,5)14(19)12-8-20-9-12/h11-12H,6-10H2,1-5H3. The van der Waals surface area contributed by atoms with Crippen molar-refractivity contribution in [3.8, 4) is 0 Å². The second-order valence-electron chi connectivity index (χ2n) is 7.99. The van der Waals surface area contributed by atoms with Crippen molar-refractivity contribution in [2.24, 2.45) is 22.7 Å². The second kappa shape index (κ2) is 5.23. The van der Waals surface area contributed by atoms with Gasteiger partial charge < -0.3 is 9.64 Å². The van der Waals surface area contributed by atoms with E-state index in [2.05, 4.69) is 4.90 Å². The first-order valence-electron chi connectivity index (χ1n) is 7.50. The van der Waals surface area contributed by atoms with Crippen molar-refractivity contribution in [3.63, 3.8) is 0 Å². The van der Waals surface area contributed by atoms with Crippen LogP contribution in [0.1, 0.15) is 34.6 Å². The van der Waals surface area contributed by atoms with Crippen LogP contribution in [0.2, 0.25) is 0 Å². The van der Waals surface area contributed by atoms with E-state index in [9.17, 15) is 9.59 Å². The molecule has 0 bridgehead atoms. The normalized spacial score (nSPS) is 22.2. The third-order valence-corrected chi connectivity index (χ3v) is 4.36. The molecule has 0 aromatic heterocycles. The minimum absolute atomic E-state index is 0.0817. The average molecular weight is 281 g/mol. The molecule has 2 heterocycles. The summed E-state index contributed by atoms with van der Waals surface area (Å²) in [4.78, 5) is 26.7. The maximum Gasteiger partial charge on any atom is 0.147 e. The highest BCUT2D eigenvalue weighted by Crippen LogP contribution is 2.32. The number of ketones is 2. The Balaban J connectivity index is 1.81. The van der Waals surface area contributed by atoms with Crippen LogP contribution in [-0.4, -0.2) is 49.3 Å². The van der Waals surface area contributed by atoms with Crippen molar-refractivity contribution in [1.82, 2.24) is 4.90 Å². The van der Waals surface area contributed by atoms with Crippen molar-refractivity contribution >= 4 is 11.6 Å². The van der Waals surface area contributed by atoms with E-state index in [1.54, 1.807) is 0 Å². The Bertz CT molecular complexity index is 398. The molecule has 0 amide bonds. The first kappa shape index (κ1) is 15.6. The molecule has 4 heteroatoms. The number of carbonyl (C=O) groups is 2. The Labute approximate surface area is 121 Å². The van der Waals surface area contributed by atoms with E-state index < -0.39 is 0 Å². The number of rotatable bonds is 5. The Morgan fingerprint density at radius 2 is 1.55 bits per heavy atom. The molecule has 4 nitrogen and oxygen atoms in total. The maximum absolute atomic E-state index is 12.3. The molecular weight excluding hydrogens is 254 g/mol. The van der Waals surface area contributed by atoms with E-state index in [4.69, 9.17) is 4.74 Å². The largest absolute Gasteiger partial charge is 0.380 e. The van der Waals surface area contributed by atoms with Gasteiger partial charge in [0.15, 0.2) is 0 Å². The topological polar surface area (TPSA) is 46.6 Å². The molecule has 0 aromatic carbocycles. The lowest BCUT2D eigenvalue weighted by atomic mass is 9.76. The van der Waals surface area contributed by atoms with E-state index in [0.717, 1.165) is 19.6 Å². The van der Waals surface area contributed by atoms with Crippen LogP contribution in [0.4, 0.5) is 0 Å². The Hall–Kier alpha value is -0.740. The van der Waals surface area contributed by atoms with E-state index in [0.29, 0.717) is 24.8 Å². The summed E-state index contributed by atoms with van der Waals surface area (Å²) in [6.07, 6.45) is 0. The molecule has 0 aromatic rings. The zero-order chi connectivity index (χ0) is 15.1. The number of likely N-dealkylation sites (tertiary alicyclic amines) is 1. The number of nitrogens with zero attached hydrogens (tertiary/aromatic N) is 1. The van der Waals surface area contributed by atoms with Crippen LogP contribution in [-0.2, 0) is 14.3 Å². The van der Waals surface area contributed by atoms with Gasteiger partial charge in [0.1, 0.15) is 11.6 Å². The minimum Gasteiger partial charge on any atom is -0.380 e. The number of carbonyl (C=O) groups excluding carboxylic acids is 2. The second-order valence-corrected chi connectivity index (χ2v) is 7.99. The zero-order valence-corrected chi connectivity index (χ0v) is 13.4. The highest BCUT2D eigenvalue weighted by Gasteiger charge is 2.43. The zero-order valence-electron chi connectivity index (χ0n) is 13.4. The molecule has 2 aliphatic heterocycles. The lowest BCUT2D eigenvalue weighted by Gasteiger charge is -2.45. The molecule has 0 atom stereocenters. The summed E-state index contributed by atoms with van der Waals surface area (Å²) in [5.74, 6) is 0.867. The van der Waals surface area contributed by atoms with Gasteiger partial charge in [-0.25, -0.2) is 0 Å². The highest BCUT2D eigenvalue weighted by molar-refractivity contribution is 5.88. The van der Waals surface area contributed by atoms with E-state index in [1.807, 2.05) is 34.6 Å². The first-order chi connectivity index (χ1) is 9.11. The van der Waals surface area contributed by atoms with Crippen LogP contribution in [0.15, 0.2) is 0 Å². The van der Waals surface area contributed by atoms with Crippen molar-refractivity contribution in [2.75, 3.05) is 32.8 Å². The molecule has 2 aliphatic rings. The molecule has 114 valence electrons. The molecular formula is C16H27NO3. The minimum atomic E-state index is -0.343. The number of ether oxygens (including phenoxy) is 1. The van der Waals surface area contributed by atoms with Crippen LogP contribution in [0.25, 0.3) is 0 Å². The van der Waals surface area contributed by atoms with Crippen LogP contribution < -0.4 is 0 Å². The summed E-state index contributed by atoms with van der Waals surface area (Å²) in [7, 11) is 0. The van der Waals surface area contributed by atoms with Gasteiger partial charge in [-0.1, -0.05) is 34.6 Å². The van der Waals surface area contributed by atoms with Crippen LogP contribution in [0.5, 0.6) is 0 Å². The quantitative estimate of drug-likeness (QED) is 0.770. The summed E-state index contributed by atoms with van der Waals surface area (Å²) in [6.45, 7) is 13.4. The molecule has 2 fully saturated rings. The molecule has 0 aliphatic carbocycles. The fourth-order valence-electron chi connectivity index (χ4n) is 3.05. The van der Waals surface area contributed by atoms with Crippen molar-refractivity contribution in [1.29, 1.82) is 0 Å². The van der Waals surface area contributed by atoms with Crippen LogP contribution in [0, 0.1) is 22.7 Å². The molecule has 0 spiro atoms. The molecule has 2 saturated heterocycles. The smallest absolute Gasteiger partial charge is 0.147 e. The van der Waals surface area contributed by atoms with Crippen molar-refractivity contribution in [2.45, 2.75) is 34.6 Å². The number of hydrogen-bond donors (Lipinski definition) is 0. The van der Waals surface area contributed by atoms with Gasteiger partial charge in [-0.3, -0.25) is 9.59 Å². The number of hydrogen-bond acceptors (Lipinski definition) is 4. The summed E-state index contributed by atoms with van der Waals surface area (Å²) >= 11 is 0. The van der Waals surface area contributed by atoms with Gasteiger partial charge in [-0.15, -0.1) is 0 Å². The van der Waals surface area contributed by atoms with E-state index in [1.165, 1.54) is 0 Å². The lowest BCUT2D eigenvalue weighted by Crippen LogP contribution is -2.57. The molecule has 20 heavy (non-hydrogen) atoms. The molecule has 0 saturated carbocycles. The monoisotopic (exact) mass is 281 g/mol. The maximum atomic E-state index is 12.3. The Kier molecular flexibility index (Phi) is 4.09. The number of Topliss-reactive ketones (excluding diaryl/α,β-unsaturated/α-hetero) is 2. The lowest BCUT2D eigenvalue weighted by molar-refractivity contribution is -0.148. The first-order valence-corrected chi connectivity index (χ1v) is 7.50. The summed E-state index contributed by atoms with van der Waals surface area (Å²) in [6, 6.07) is 0. The molecule has 2 rings (SSSR count). The third kappa shape index (κ3) is 3.12. The predicted molar refractivity (Wildman–Crippen MR) is 77.5 cm³/mol. The van der Waals surface area contributed by atoms with E-state index >= 15 is 0 Å². The van der Waals surface area contributed by atoms with Crippen molar-refractivity contribution < 1.29 is 14.3 Å². The van der Waals surface area contributed by atoms with Crippen LogP contribution >= 0.6 is 0 Å². The van der Waals surface area contributed by atoms with Gasteiger partial charge in [0.2, 0.25) is 0 Å². The fourth-order valence-corrected chi connectivity index (χ4v) is 3.05. The summed E-state index contributed by atoms with van der Waals surface area (Å²) < 4.78 is 5.10. The van der Waals surface area contributed by atoms with Crippen LogP contribution in [0.3, 0.4) is 0 Å². The Morgan fingerprint density at radius 1 is 1.00 bits per heavy atom. The summed E-state index contributed by atoms with van der Waals surface area (Å²) in [5, 5.41) is 0. The average Bonchev–Trinajstić information content (AvgIpc) is 2.18. The summed E-state index contributed by atoms with van der Waals surface area (Å²) in [5.41, 5.74) is -0.602. The van der Waals surface area contributed by atoms with Gasteiger partial charge in [-0.2, -0.15) is 0 Å². The Morgan fingerprint density at radius 3 is 1.95 bits per heavy atom.